The molecule has 2 amide bonds. The molecule has 0 aliphatic heterocycles. The van der Waals surface area contributed by atoms with Crippen LogP contribution in [-0.2, 0) is 9.53 Å². The number of nitriles is 1. The Morgan fingerprint density at radius 2 is 1.95 bits per heavy atom. The SMILES string of the molecule is CN(C)C(=O)CC[C@H](NC(=O)OC(C)(C)C)C(O)C#N. The molecule has 7 nitrogen and oxygen atoms in total. The molecule has 0 fully saturated rings. The highest BCUT2D eigenvalue weighted by Crippen LogP contribution is 2.09. The van der Waals surface area contributed by atoms with Gasteiger partial charge in [0, 0.05) is 20.5 Å². The third-order valence-electron chi connectivity index (χ3n) is 2.38. The van der Waals surface area contributed by atoms with Gasteiger partial charge in [0.05, 0.1) is 12.1 Å². The van der Waals surface area contributed by atoms with E-state index in [2.05, 4.69) is 5.32 Å². The fourth-order valence-electron chi connectivity index (χ4n) is 1.36. The summed E-state index contributed by atoms with van der Waals surface area (Å²) in [6, 6.07) is 0.798. The van der Waals surface area contributed by atoms with E-state index in [1.54, 1.807) is 40.9 Å². The number of nitrogens with zero attached hydrogens (tertiary/aromatic N) is 2. The minimum absolute atomic E-state index is 0.117. The number of nitrogens with one attached hydrogen (secondary N) is 1. The van der Waals surface area contributed by atoms with Crippen LogP contribution in [0.4, 0.5) is 4.79 Å². The highest BCUT2D eigenvalue weighted by Gasteiger charge is 2.25. The number of hydrogen-bond donors (Lipinski definition) is 2. The molecule has 2 atom stereocenters. The predicted octanol–water partition coefficient (Wildman–Crippen LogP) is 0.633. The number of amides is 2. The minimum Gasteiger partial charge on any atom is -0.444 e. The minimum atomic E-state index is -1.39. The van der Waals surface area contributed by atoms with Gasteiger partial charge in [-0.25, -0.2) is 4.79 Å². The summed E-state index contributed by atoms with van der Waals surface area (Å²) >= 11 is 0. The van der Waals surface area contributed by atoms with Crippen LogP contribution in [0.15, 0.2) is 0 Å². The third kappa shape index (κ3) is 7.59. The van der Waals surface area contributed by atoms with Crippen LogP contribution in [0.2, 0.25) is 0 Å². The van der Waals surface area contributed by atoms with Crippen LogP contribution < -0.4 is 5.32 Å². The Labute approximate surface area is 119 Å². The van der Waals surface area contributed by atoms with Crippen molar-refractivity contribution < 1.29 is 19.4 Å². The molecule has 0 aliphatic carbocycles. The zero-order chi connectivity index (χ0) is 15.9. The molecule has 2 N–H and O–H groups in total. The van der Waals surface area contributed by atoms with Crippen molar-refractivity contribution in [2.45, 2.75) is 51.4 Å². The van der Waals surface area contributed by atoms with Crippen LogP contribution >= 0.6 is 0 Å². The van der Waals surface area contributed by atoms with Crippen molar-refractivity contribution in [3.8, 4) is 6.07 Å². The van der Waals surface area contributed by atoms with E-state index >= 15 is 0 Å². The maximum absolute atomic E-state index is 11.6. The molecule has 0 heterocycles. The lowest BCUT2D eigenvalue weighted by molar-refractivity contribution is -0.129. The van der Waals surface area contributed by atoms with Crippen LogP contribution in [0.3, 0.4) is 0 Å². The van der Waals surface area contributed by atoms with E-state index in [9.17, 15) is 14.7 Å². The smallest absolute Gasteiger partial charge is 0.407 e. The molecule has 1 unspecified atom stereocenters. The number of alkyl carbamates (subject to hydrolysis) is 1. The molecule has 0 aromatic carbocycles. The topological polar surface area (TPSA) is 103 Å². The summed E-state index contributed by atoms with van der Waals surface area (Å²) in [7, 11) is 3.22. The van der Waals surface area contributed by atoms with Gasteiger partial charge in [-0.15, -0.1) is 0 Å². The van der Waals surface area contributed by atoms with Gasteiger partial charge in [-0.3, -0.25) is 4.79 Å². The monoisotopic (exact) mass is 285 g/mol. The molecule has 20 heavy (non-hydrogen) atoms. The van der Waals surface area contributed by atoms with Crippen molar-refractivity contribution in [2.24, 2.45) is 0 Å². The van der Waals surface area contributed by atoms with Crippen molar-refractivity contribution in [1.29, 1.82) is 5.26 Å². The molecular weight excluding hydrogens is 262 g/mol. The highest BCUT2D eigenvalue weighted by atomic mass is 16.6. The number of rotatable bonds is 5. The van der Waals surface area contributed by atoms with Gasteiger partial charge in [-0.05, 0) is 27.2 Å². The number of ether oxygens (including phenoxy) is 1. The van der Waals surface area contributed by atoms with E-state index in [0.29, 0.717) is 0 Å². The average molecular weight is 285 g/mol. The quantitative estimate of drug-likeness (QED) is 0.721. The molecule has 0 saturated heterocycles. The summed E-state index contributed by atoms with van der Waals surface area (Å²) in [5, 5.41) is 20.7. The van der Waals surface area contributed by atoms with Crippen molar-refractivity contribution in [2.75, 3.05) is 14.1 Å². The number of carbonyl (C=O) groups is 2. The van der Waals surface area contributed by atoms with E-state index in [1.165, 1.54) is 4.90 Å². The molecular formula is C13H23N3O4. The fraction of sp³-hybridized carbons (Fsp3) is 0.769. The van der Waals surface area contributed by atoms with Crippen LogP contribution in [0.1, 0.15) is 33.6 Å². The van der Waals surface area contributed by atoms with Crippen LogP contribution in [0.5, 0.6) is 0 Å². The average Bonchev–Trinajstić information content (AvgIpc) is 2.30. The normalized spacial score (nSPS) is 13.8. The van der Waals surface area contributed by atoms with Gasteiger partial charge in [-0.2, -0.15) is 5.26 Å². The zero-order valence-corrected chi connectivity index (χ0v) is 12.6. The third-order valence-corrected chi connectivity index (χ3v) is 2.38. The molecule has 114 valence electrons. The lowest BCUT2D eigenvalue weighted by Gasteiger charge is -2.24. The van der Waals surface area contributed by atoms with E-state index in [-0.39, 0.29) is 18.7 Å². The van der Waals surface area contributed by atoms with Crippen LogP contribution in [0.25, 0.3) is 0 Å². The summed E-state index contributed by atoms with van der Waals surface area (Å²) in [5.74, 6) is -0.147. The Morgan fingerprint density at radius 3 is 2.35 bits per heavy atom. The predicted molar refractivity (Wildman–Crippen MR) is 72.7 cm³/mol. The Morgan fingerprint density at radius 1 is 1.40 bits per heavy atom. The molecule has 0 aromatic heterocycles. The van der Waals surface area contributed by atoms with Gasteiger partial charge < -0.3 is 20.1 Å². The maximum Gasteiger partial charge on any atom is 0.407 e. The van der Waals surface area contributed by atoms with Crippen LogP contribution in [-0.4, -0.2) is 53.8 Å². The number of hydrogen-bond acceptors (Lipinski definition) is 5. The molecule has 0 radical (unpaired) electrons. The second-order valence-corrected chi connectivity index (χ2v) is 5.65. The van der Waals surface area contributed by atoms with Gasteiger partial charge in [0.25, 0.3) is 0 Å². The second kappa shape index (κ2) is 7.70. The molecule has 0 saturated carbocycles. The first-order chi connectivity index (χ1) is 9.06. The summed E-state index contributed by atoms with van der Waals surface area (Å²) in [5.41, 5.74) is -0.675. The lowest BCUT2D eigenvalue weighted by Crippen LogP contribution is -2.45. The van der Waals surface area contributed by atoms with E-state index in [4.69, 9.17) is 10.00 Å². The zero-order valence-electron chi connectivity index (χ0n) is 12.6. The first kappa shape index (κ1) is 18.2. The van der Waals surface area contributed by atoms with Gasteiger partial charge in [-0.1, -0.05) is 0 Å². The van der Waals surface area contributed by atoms with Crippen molar-refractivity contribution in [3.63, 3.8) is 0 Å². The first-order valence-electron chi connectivity index (χ1n) is 6.34. The largest absolute Gasteiger partial charge is 0.444 e. The van der Waals surface area contributed by atoms with Crippen molar-refractivity contribution in [1.82, 2.24) is 10.2 Å². The summed E-state index contributed by atoms with van der Waals surface area (Å²) in [6.07, 6.45) is -1.84. The molecule has 0 bridgehead atoms. The van der Waals surface area contributed by atoms with Gasteiger partial charge in [0.2, 0.25) is 5.91 Å². The number of carbonyl (C=O) groups excluding carboxylic acids is 2. The Balaban J connectivity index is 4.55. The maximum atomic E-state index is 11.6. The number of aliphatic hydroxyl groups is 1. The van der Waals surface area contributed by atoms with E-state index < -0.39 is 23.8 Å². The van der Waals surface area contributed by atoms with E-state index in [1.807, 2.05) is 0 Å². The molecule has 0 spiro atoms. The second-order valence-electron chi connectivity index (χ2n) is 5.65. The molecule has 0 aromatic rings. The van der Waals surface area contributed by atoms with Gasteiger partial charge >= 0.3 is 6.09 Å². The Hall–Kier alpha value is -1.81. The molecule has 7 heteroatoms. The fourth-order valence-corrected chi connectivity index (χ4v) is 1.36. The first-order valence-corrected chi connectivity index (χ1v) is 6.34. The Kier molecular flexibility index (Phi) is 7.00. The van der Waals surface area contributed by atoms with Crippen LogP contribution in [0, 0.1) is 11.3 Å². The summed E-state index contributed by atoms with van der Waals surface area (Å²) in [6.45, 7) is 5.12. The number of aliphatic hydroxyl groups excluding tert-OH is 1. The van der Waals surface area contributed by atoms with E-state index in [0.717, 1.165) is 0 Å². The van der Waals surface area contributed by atoms with Crippen molar-refractivity contribution in [3.05, 3.63) is 0 Å². The van der Waals surface area contributed by atoms with Gasteiger partial charge in [0.15, 0.2) is 6.10 Å². The van der Waals surface area contributed by atoms with Gasteiger partial charge in [0.1, 0.15) is 5.60 Å². The summed E-state index contributed by atoms with van der Waals surface area (Å²) < 4.78 is 5.05. The summed E-state index contributed by atoms with van der Waals surface area (Å²) in [4.78, 5) is 24.5. The molecule has 0 rings (SSSR count). The standard InChI is InChI=1S/C13H23N3O4/c1-13(2,3)20-12(19)15-9(10(17)8-14)6-7-11(18)16(4)5/h9-10,17H,6-7H2,1-5H3,(H,15,19)/t9-,10?/m0/s1. The Bertz CT molecular complexity index is 382. The van der Waals surface area contributed by atoms with Crippen molar-refractivity contribution >= 4 is 12.0 Å². The highest BCUT2D eigenvalue weighted by molar-refractivity contribution is 5.75. The molecule has 0 aliphatic rings. The lowest BCUT2D eigenvalue weighted by atomic mass is 10.1.